The number of nitrogens with zero attached hydrogens (tertiary/aromatic N) is 1. The van der Waals surface area contributed by atoms with Crippen molar-refractivity contribution in [2.75, 3.05) is 5.32 Å². The number of carbonyl (C=O) groups is 2. The molecule has 0 unspecified atom stereocenters. The van der Waals surface area contributed by atoms with E-state index >= 15 is 0 Å². The smallest absolute Gasteiger partial charge is 0.335 e. The molecule has 3 N–H and O–H groups in total. The Balaban J connectivity index is 2.22. The first kappa shape index (κ1) is 12.6. The van der Waals surface area contributed by atoms with Gasteiger partial charge in [-0.2, -0.15) is 0 Å². The number of pyridine rings is 1. The fourth-order valence-electron chi connectivity index (χ4n) is 1.49. The molecule has 0 fully saturated rings. The van der Waals surface area contributed by atoms with Crippen LogP contribution in [0.25, 0.3) is 0 Å². The van der Waals surface area contributed by atoms with Gasteiger partial charge in [-0.05, 0) is 30.3 Å². The lowest BCUT2D eigenvalue weighted by Gasteiger charge is -2.06. The van der Waals surface area contributed by atoms with Gasteiger partial charge in [0.1, 0.15) is 5.75 Å². The van der Waals surface area contributed by atoms with E-state index in [2.05, 4.69) is 10.3 Å². The molecular weight excluding hydrogens is 248 g/mol. The topological polar surface area (TPSA) is 99.5 Å². The van der Waals surface area contributed by atoms with E-state index in [1.54, 1.807) is 6.07 Å². The monoisotopic (exact) mass is 258 g/mol. The van der Waals surface area contributed by atoms with Crippen molar-refractivity contribution in [2.45, 2.75) is 0 Å². The van der Waals surface area contributed by atoms with E-state index in [1.807, 2.05) is 0 Å². The lowest BCUT2D eigenvalue weighted by Crippen LogP contribution is -2.14. The molecule has 0 spiro atoms. The number of aromatic carboxylic acids is 1. The van der Waals surface area contributed by atoms with Crippen molar-refractivity contribution in [3.05, 3.63) is 53.9 Å². The van der Waals surface area contributed by atoms with Crippen molar-refractivity contribution in [1.82, 2.24) is 4.98 Å². The minimum Gasteiger partial charge on any atom is -0.505 e. The molecule has 0 bridgehead atoms. The zero-order chi connectivity index (χ0) is 13.8. The molecule has 6 nitrogen and oxygen atoms in total. The number of aromatic hydroxyl groups is 1. The maximum absolute atomic E-state index is 11.8. The number of hydrogen-bond donors (Lipinski definition) is 3. The molecule has 96 valence electrons. The Morgan fingerprint density at radius 2 is 1.95 bits per heavy atom. The lowest BCUT2D eigenvalue weighted by molar-refractivity contribution is 0.0696. The third-order valence-corrected chi connectivity index (χ3v) is 2.37. The third-order valence-electron chi connectivity index (χ3n) is 2.37. The van der Waals surface area contributed by atoms with Gasteiger partial charge in [0.15, 0.2) is 5.69 Å². The summed E-state index contributed by atoms with van der Waals surface area (Å²) in [6.07, 6.45) is 1.38. The van der Waals surface area contributed by atoms with Gasteiger partial charge in [-0.3, -0.25) is 4.79 Å². The number of amides is 1. The maximum atomic E-state index is 11.8. The van der Waals surface area contributed by atoms with Crippen LogP contribution in [-0.2, 0) is 0 Å². The molecule has 2 aromatic rings. The number of aromatic nitrogens is 1. The van der Waals surface area contributed by atoms with Gasteiger partial charge in [-0.25, -0.2) is 9.78 Å². The minimum absolute atomic E-state index is 0.0584. The predicted octanol–water partition coefficient (Wildman–Crippen LogP) is 1.74. The SMILES string of the molecule is O=C(O)c1cccc(NC(=O)c2ncccc2O)c1. The van der Waals surface area contributed by atoms with E-state index in [0.717, 1.165) is 0 Å². The Labute approximate surface area is 108 Å². The highest BCUT2D eigenvalue weighted by atomic mass is 16.4. The van der Waals surface area contributed by atoms with Gasteiger partial charge in [-0.1, -0.05) is 6.07 Å². The van der Waals surface area contributed by atoms with E-state index in [-0.39, 0.29) is 17.0 Å². The second kappa shape index (κ2) is 5.18. The first-order valence-corrected chi connectivity index (χ1v) is 5.36. The number of anilines is 1. The third kappa shape index (κ3) is 2.86. The zero-order valence-corrected chi connectivity index (χ0v) is 9.70. The van der Waals surface area contributed by atoms with Crippen molar-refractivity contribution >= 4 is 17.6 Å². The first-order valence-electron chi connectivity index (χ1n) is 5.36. The molecule has 0 aliphatic heterocycles. The van der Waals surface area contributed by atoms with E-state index in [0.29, 0.717) is 5.69 Å². The molecule has 1 heterocycles. The molecule has 0 aliphatic carbocycles. The van der Waals surface area contributed by atoms with Crippen molar-refractivity contribution in [3.8, 4) is 5.75 Å². The minimum atomic E-state index is -1.09. The number of carbonyl (C=O) groups excluding carboxylic acids is 1. The highest BCUT2D eigenvalue weighted by Crippen LogP contribution is 2.16. The molecule has 0 saturated carbocycles. The molecule has 2 rings (SSSR count). The maximum Gasteiger partial charge on any atom is 0.335 e. The Morgan fingerprint density at radius 1 is 1.16 bits per heavy atom. The summed E-state index contributed by atoms with van der Waals surface area (Å²) in [6, 6.07) is 8.63. The van der Waals surface area contributed by atoms with Crippen LogP contribution >= 0.6 is 0 Å². The number of benzene rings is 1. The van der Waals surface area contributed by atoms with Crippen LogP contribution in [0.3, 0.4) is 0 Å². The molecule has 1 aromatic carbocycles. The number of nitrogens with one attached hydrogen (secondary N) is 1. The summed E-state index contributed by atoms with van der Waals surface area (Å²) in [4.78, 5) is 26.4. The van der Waals surface area contributed by atoms with Crippen molar-refractivity contribution < 1.29 is 19.8 Å². The summed E-state index contributed by atoms with van der Waals surface area (Å²) in [5.41, 5.74) is 0.251. The van der Waals surface area contributed by atoms with Crippen LogP contribution in [0.15, 0.2) is 42.6 Å². The molecule has 19 heavy (non-hydrogen) atoms. The molecule has 1 amide bonds. The number of hydrogen-bond acceptors (Lipinski definition) is 4. The Kier molecular flexibility index (Phi) is 3.42. The average molecular weight is 258 g/mol. The van der Waals surface area contributed by atoms with Crippen molar-refractivity contribution in [3.63, 3.8) is 0 Å². The summed E-state index contributed by atoms with van der Waals surface area (Å²) in [5.74, 6) is -1.94. The van der Waals surface area contributed by atoms with E-state index < -0.39 is 11.9 Å². The predicted molar refractivity (Wildman–Crippen MR) is 67.3 cm³/mol. The van der Waals surface area contributed by atoms with Crippen LogP contribution < -0.4 is 5.32 Å². The molecular formula is C13H10N2O4. The van der Waals surface area contributed by atoms with Gasteiger partial charge in [0.2, 0.25) is 0 Å². The number of rotatable bonds is 3. The fourth-order valence-corrected chi connectivity index (χ4v) is 1.49. The van der Waals surface area contributed by atoms with Gasteiger partial charge in [0.05, 0.1) is 5.56 Å². The standard InChI is InChI=1S/C13H10N2O4/c16-10-5-2-6-14-11(10)12(17)15-9-4-1-3-8(7-9)13(18)19/h1-7,16H,(H,15,17)(H,18,19). The van der Waals surface area contributed by atoms with Gasteiger partial charge in [-0.15, -0.1) is 0 Å². The number of carboxylic acid groups (broad SMARTS) is 1. The molecule has 0 radical (unpaired) electrons. The second-order valence-corrected chi connectivity index (χ2v) is 3.71. The summed E-state index contributed by atoms with van der Waals surface area (Å²) in [7, 11) is 0. The van der Waals surface area contributed by atoms with E-state index in [9.17, 15) is 14.7 Å². The van der Waals surface area contributed by atoms with Crippen molar-refractivity contribution in [2.24, 2.45) is 0 Å². The fraction of sp³-hybridized carbons (Fsp3) is 0. The normalized spacial score (nSPS) is 9.89. The molecule has 6 heteroatoms. The Bertz CT molecular complexity index is 640. The van der Waals surface area contributed by atoms with Crippen LogP contribution in [-0.4, -0.2) is 27.1 Å². The van der Waals surface area contributed by atoms with Crippen LogP contribution in [0.2, 0.25) is 0 Å². The van der Waals surface area contributed by atoms with Crippen molar-refractivity contribution in [1.29, 1.82) is 0 Å². The van der Waals surface area contributed by atoms with Gasteiger partial charge in [0.25, 0.3) is 5.91 Å². The average Bonchev–Trinajstić information content (AvgIpc) is 2.39. The zero-order valence-electron chi connectivity index (χ0n) is 9.70. The molecule has 0 saturated heterocycles. The summed E-state index contributed by atoms with van der Waals surface area (Å²) < 4.78 is 0. The van der Waals surface area contributed by atoms with Crippen LogP contribution in [0.1, 0.15) is 20.8 Å². The lowest BCUT2D eigenvalue weighted by atomic mass is 10.2. The second-order valence-electron chi connectivity index (χ2n) is 3.71. The van der Waals surface area contributed by atoms with Crippen LogP contribution in [0, 0.1) is 0 Å². The summed E-state index contributed by atoms with van der Waals surface area (Å²) in [5, 5.41) is 20.8. The van der Waals surface area contributed by atoms with Gasteiger partial charge in [0, 0.05) is 11.9 Å². The molecule has 1 aromatic heterocycles. The van der Waals surface area contributed by atoms with E-state index in [4.69, 9.17) is 5.11 Å². The molecule has 0 aliphatic rings. The highest BCUT2D eigenvalue weighted by molar-refractivity contribution is 6.05. The summed E-state index contributed by atoms with van der Waals surface area (Å²) >= 11 is 0. The quantitative estimate of drug-likeness (QED) is 0.778. The van der Waals surface area contributed by atoms with Crippen LogP contribution in [0.4, 0.5) is 5.69 Å². The largest absolute Gasteiger partial charge is 0.505 e. The Hall–Kier alpha value is -2.89. The Morgan fingerprint density at radius 3 is 2.63 bits per heavy atom. The van der Waals surface area contributed by atoms with Gasteiger partial charge < -0.3 is 15.5 Å². The molecule has 0 atom stereocenters. The highest BCUT2D eigenvalue weighted by Gasteiger charge is 2.13. The first-order chi connectivity index (χ1) is 9.08. The summed E-state index contributed by atoms with van der Waals surface area (Å²) in [6.45, 7) is 0. The van der Waals surface area contributed by atoms with Crippen LogP contribution in [0.5, 0.6) is 5.75 Å². The van der Waals surface area contributed by atoms with Gasteiger partial charge >= 0.3 is 5.97 Å². The van der Waals surface area contributed by atoms with E-state index in [1.165, 1.54) is 36.5 Å². The number of carboxylic acids is 1.